The molecule has 1 aromatic rings. The van der Waals surface area contributed by atoms with E-state index in [1.165, 1.54) is 0 Å². The Morgan fingerprint density at radius 1 is 1.44 bits per heavy atom. The van der Waals surface area contributed by atoms with Crippen molar-refractivity contribution in [1.82, 2.24) is 0 Å². The standard InChI is InChI=1S/C11H13NO5S/c12-11(13)5-8-1-3-9(4-2-8)15-6-10-7-16-18(14)17-10/h1-4,10H,5-7H2,(H2,12,13). The molecule has 0 spiro atoms. The molecule has 1 amide bonds. The minimum Gasteiger partial charge on any atom is -0.491 e. The number of ether oxygens (including phenoxy) is 1. The Labute approximate surface area is 107 Å². The lowest BCUT2D eigenvalue weighted by atomic mass is 10.1. The Balaban J connectivity index is 1.82. The van der Waals surface area contributed by atoms with Gasteiger partial charge in [0.25, 0.3) is 0 Å². The van der Waals surface area contributed by atoms with Crippen molar-refractivity contribution in [2.24, 2.45) is 5.73 Å². The van der Waals surface area contributed by atoms with E-state index in [0.29, 0.717) is 5.75 Å². The summed E-state index contributed by atoms with van der Waals surface area (Å²) >= 11 is -1.65. The maximum absolute atomic E-state index is 10.8. The number of rotatable bonds is 5. The van der Waals surface area contributed by atoms with Gasteiger partial charge in [0.1, 0.15) is 18.5 Å². The lowest BCUT2D eigenvalue weighted by Crippen LogP contribution is -2.19. The van der Waals surface area contributed by atoms with Crippen LogP contribution in [0.2, 0.25) is 0 Å². The first-order chi connectivity index (χ1) is 8.63. The first-order valence-electron chi connectivity index (χ1n) is 5.35. The van der Waals surface area contributed by atoms with Gasteiger partial charge in [-0.25, -0.2) is 0 Å². The molecule has 7 heteroatoms. The molecular weight excluding hydrogens is 258 g/mol. The third kappa shape index (κ3) is 3.80. The zero-order valence-corrected chi connectivity index (χ0v) is 10.4. The van der Waals surface area contributed by atoms with Gasteiger partial charge in [-0.05, 0) is 17.7 Å². The molecule has 1 aliphatic heterocycles. The largest absolute Gasteiger partial charge is 0.491 e. The third-order valence-electron chi connectivity index (χ3n) is 2.30. The Hall–Kier alpha value is -1.44. The van der Waals surface area contributed by atoms with Gasteiger partial charge in [0.05, 0.1) is 13.0 Å². The van der Waals surface area contributed by atoms with Crippen LogP contribution >= 0.6 is 0 Å². The Morgan fingerprint density at radius 2 is 2.17 bits per heavy atom. The topological polar surface area (TPSA) is 87.9 Å². The van der Waals surface area contributed by atoms with E-state index < -0.39 is 11.4 Å². The van der Waals surface area contributed by atoms with Crippen LogP contribution in [0.4, 0.5) is 0 Å². The van der Waals surface area contributed by atoms with Crippen molar-refractivity contribution >= 4 is 17.3 Å². The first-order valence-corrected chi connectivity index (χ1v) is 6.35. The lowest BCUT2D eigenvalue weighted by molar-refractivity contribution is -0.117. The molecule has 2 atom stereocenters. The van der Waals surface area contributed by atoms with Crippen LogP contribution in [0.1, 0.15) is 5.56 Å². The Morgan fingerprint density at radius 3 is 2.72 bits per heavy atom. The van der Waals surface area contributed by atoms with Gasteiger partial charge in [0.15, 0.2) is 0 Å². The highest BCUT2D eigenvalue weighted by Crippen LogP contribution is 2.15. The van der Waals surface area contributed by atoms with E-state index in [0.717, 1.165) is 5.56 Å². The SMILES string of the molecule is NC(=O)Cc1ccc(OCC2COS(=O)O2)cc1. The van der Waals surface area contributed by atoms with Gasteiger partial charge >= 0.3 is 11.4 Å². The quantitative estimate of drug-likeness (QED) is 0.819. The number of hydrogen-bond donors (Lipinski definition) is 1. The highest BCUT2D eigenvalue weighted by atomic mass is 32.2. The average molecular weight is 271 g/mol. The van der Waals surface area contributed by atoms with Gasteiger partial charge in [-0.3, -0.25) is 13.2 Å². The van der Waals surface area contributed by atoms with Crippen molar-refractivity contribution in [1.29, 1.82) is 0 Å². The van der Waals surface area contributed by atoms with E-state index in [4.69, 9.17) is 18.8 Å². The summed E-state index contributed by atoms with van der Waals surface area (Å²) in [6.45, 7) is 0.521. The van der Waals surface area contributed by atoms with Crippen LogP contribution < -0.4 is 10.5 Å². The fourth-order valence-corrected chi connectivity index (χ4v) is 2.12. The van der Waals surface area contributed by atoms with Gasteiger partial charge < -0.3 is 10.5 Å². The van der Waals surface area contributed by atoms with Crippen LogP contribution in [0.25, 0.3) is 0 Å². The van der Waals surface area contributed by atoms with Gasteiger partial charge in [-0.15, -0.1) is 0 Å². The van der Waals surface area contributed by atoms with E-state index in [1.807, 2.05) is 0 Å². The molecule has 0 saturated carbocycles. The molecular formula is C11H13NO5S. The summed E-state index contributed by atoms with van der Waals surface area (Å²) in [4.78, 5) is 10.7. The van der Waals surface area contributed by atoms with E-state index >= 15 is 0 Å². The second-order valence-corrected chi connectivity index (χ2v) is 4.64. The number of benzene rings is 1. The maximum atomic E-state index is 10.8. The van der Waals surface area contributed by atoms with Gasteiger partial charge in [-0.1, -0.05) is 12.1 Å². The molecule has 1 fully saturated rings. The van der Waals surface area contributed by atoms with Gasteiger partial charge in [0.2, 0.25) is 5.91 Å². The Kier molecular flexibility index (Phi) is 4.29. The molecule has 2 N–H and O–H groups in total. The number of primary amides is 1. The van der Waals surface area contributed by atoms with Crippen LogP contribution in [-0.2, 0) is 30.9 Å². The number of nitrogens with two attached hydrogens (primary N) is 1. The van der Waals surface area contributed by atoms with Crippen molar-refractivity contribution in [2.45, 2.75) is 12.5 Å². The molecule has 1 heterocycles. The summed E-state index contributed by atoms with van der Waals surface area (Å²) in [7, 11) is 0. The van der Waals surface area contributed by atoms with E-state index in [-0.39, 0.29) is 31.6 Å². The van der Waals surface area contributed by atoms with Crippen molar-refractivity contribution in [3.8, 4) is 5.75 Å². The molecule has 18 heavy (non-hydrogen) atoms. The van der Waals surface area contributed by atoms with Crippen LogP contribution in [0, 0.1) is 0 Å². The first kappa shape index (κ1) is 13.0. The molecule has 0 radical (unpaired) electrons. The fraction of sp³-hybridized carbons (Fsp3) is 0.364. The molecule has 2 unspecified atom stereocenters. The normalized spacial score (nSPS) is 22.9. The molecule has 1 aliphatic rings. The van der Waals surface area contributed by atoms with Crippen LogP contribution in [-0.4, -0.2) is 29.4 Å². The van der Waals surface area contributed by atoms with E-state index in [2.05, 4.69) is 0 Å². The van der Waals surface area contributed by atoms with Gasteiger partial charge in [-0.2, -0.15) is 4.21 Å². The maximum Gasteiger partial charge on any atom is 0.305 e. The number of carbonyl (C=O) groups is 1. The molecule has 0 aliphatic carbocycles. The van der Waals surface area contributed by atoms with E-state index in [1.54, 1.807) is 24.3 Å². The second-order valence-electron chi connectivity index (χ2n) is 3.80. The molecule has 6 nitrogen and oxygen atoms in total. The van der Waals surface area contributed by atoms with Crippen molar-refractivity contribution in [2.75, 3.05) is 13.2 Å². The predicted octanol–water partition coefficient (Wildman–Crippen LogP) is 0.0873. The molecule has 0 aromatic heterocycles. The monoisotopic (exact) mass is 271 g/mol. The van der Waals surface area contributed by atoms with Gasteiger partial charge in [0, 0.05) is 0 Å². The van der Waals surface area contributed by atoms with Crippen molar-refractivity contribution < 1.29 is 22.1 Å². The molecule has 0 bridgehead atoms. The zero-order chi connectivity index (χ0) is 13.0. The average Bonchev–Trinajstić information content (AvgIpc) is 2.74. The van der Waals surface area contributed by atoms with Crippen molar-refractivity contribution in [3.63, 3.8) is 0 Å². The summed E-state index contributed by atoms with van der Waals surface area (Å²) in [5.74, 6) is 0.271. The van der Waals surface area contributed by atoms with Crippen LogP contribution in [0.15, 0.2) is 24.3 Å². The summed E-state index contributed by atoms with van der Waals surface area (Å²) in [6.07, 6.45) is -0.116. The van der Waals surface area contributed by atoms with Crippen LogP contribution in [0.5, 0.6) is 5.75 Å². The number of carbonyl (C=O) groups excluding carboxylic acids is 1. The molecule has 98 valence electrons. The Bertz CT molecular complexity index is 447. The van der Waals surface area contributed by atoms with Crippen molar-refractivity contribution in [3.05, 3.63) is 29.8 Å². The highest BCUT2D eigenvalue weighted by Gasteiger charge is 2.23. The molecule has 1 aromatic carbocycles. The minimum absolute atomic E-state index is 0.207. The number of hydrogen-bond acceptors (Lipinski definition) is 5. The lowest BCUT2D eigenvalue weighted by Gasteiger charge is -2.09. The van der Waals surface area contributed by atoms with Crippen LogP contribution in [0.3, 0.4) is 0 Å². The second kappa shape index (κ2) is 5.94. The summed E-state index contributed by atoms with van der Waals surface area (Å²) < 4.78 is 25.9. The smallest absolute Gasteiger partial charge is 0.305 e. The summed E-state index contributed by atoms with van der Waals surface area (Å²) in [5, 5.41) is 0. The van der Waals surface area contributed by atoms with E-state index in [9.17, 15) is 9.00 Å². The minimum atomic E-state index is -1.65. The summed E-state index contributed by atoms with van der Waals surface area (Å²) in [5.41, 5.74) is 5.92. The molecule has 2 rings (SSSR count). The highest BCUT2D eigenvalue weighted by molar-refractivity contribution is 7.75. The molecule has 1 saturated heterocycles. The zero-order valence-electron chi connectivity index (χ0n) is 9.53. The summed E-state index contributed by atoms with van der Waals surface area (Å²) in [6, 6.07) is 7.02. The predicted molar refractivity (Wildman–Crippen MR) is 63.8 cm³/mol. The number of amides is 1. The fourth-order valence-electron chi connectivity index (χ4n) is 1.47. The third-order valence-corrected chi connectivity index (χ3v) is 3.06.